The Morgan fingerprint density at radius 3 is 2.47 bits per heavy atom. The van der Waals surface area contributed by atoms with Gasteiger partial charge in [-0.15, -0.1) is 10.2 Å². The van der Waals surface area contributed by atoms with Crippen molar-refractivity contribution in [3.63, 3.8) is 0 Å². The molecule has 1 N–H and O–H groups in total. The largest absolute Gasteiger partial charge is 0.497 e. The minimum absolute atomic E-state index is 0.0977. The average molecular weight is 504 g/mol. The lowest BCUT2D eigenvalue weighted by molar-refractivity contribution is -0.113. The molecule has 0 spiro atoms. The summed E-state index contributed by atoms with van der Waals surface area (Å²) in [4.78, 5) is 14.7. The number of sulfonamides is 1. The number of thioether (sulfide) groups is 1. The number of anilines is 2. The average Bonchev–Trinajstić information content (AvgIpc) is 3.32. The first kappa shape index (κ1) is 24.0. The minimum atomic E-state index is -3.21. The number of aromatic nitrogens is 2. The van der Waals surface area contributed by atoms with E-state index < -0.39 is 10.0 Å². The molecule has 1 aliphatic heterocycles. The Hall–Kier alpha value is -3.09. The quantitative estimate of drug-likeness (QED) is 0.463. The molecule has 0 radical (unpaired) electrons. The van der Waals surface area contributed by atoms with Crippen molar-refractivity contribution in [1.82, 2.24) is 14.5 Å². The monoisotopic (exact) mass is 503 g/mol. The van der Waals surface area contributed by atoms with E-state index in [1.807, 2.05) is 36.4 Å². The van der Waals surface area contributed by atoms with Gasteiger partial charge in [-0.25, -0.2) is 8.42 Å². The normalized spacial score (nSPS) is 14.7. The maximum Gasteiger partial charge on any atom is 0.277 e. The molecule has 1 saturated heterocycles. The zero-order valence-electron chi connectivity index (χ0n) is 18.8. The highest BCUT2D eigenvalue weighted by molar-refractivity contribution is 7.99. The lowest BCUT2D eigenvalue weighted by Crippen LogP contribution is -2.48. The number of rotatable bonds is 8. The number of piperazine rings is 1. The van der Waals surface area contributed by atoms with Crippen LogP contribution in [-0.4, -0.2) is 74.1 Å². The number of hydrogen-bond donors (Lipinski definition) is 1. The molecule has 4 rings (SSSR count). The summed E-state index contributed by atoms with van der Waals surface area (Å²) in [7, 11) is -1.61. The Morgan fingerprint density at radius 1 is 1.09 bits per heavy atom. The fourth-order valence-electron chi connectivity index (χ4n) is 3.55. The molecule has 12 heteroatoms. The van der Waals surface area contributed by atoms with Gasteiger partial charge in [0.2, 0.25) is 21.8 Å². The molecular formula is C22H25N5O5S2. The fourth-order valence-corrected chi connectivity index (χ4v) is 4.94. The van der Waals surface area contributed by atoms with E-state index in [0.717, 1.165) is 28.8 Å². The SMILES string of the molecule is COc1ccc(-c2nnc(SCC(=O)Nc3ccccc3N3CCN(S(C)(=O)=O)CC3)o2)cc1. The molecule has 180 valence electrons. The predicted octanol–water partition coefficient (Wildman–Crippen LogP) is 2.56. The van der Waals surface area contributed by atoms with Gasteiger partial charge in [0.1, 0.15) is 5.75 Å². The predicted molar refractivity (Wildman–Crippen MR) is 131 cm³/mol. The number of amides is 1. The zero-order valence-corrected chi connectivity index (χ0v) is 20.4. The van der Waals surface area contributed by atoms with Crippen LogP contribution in [0.25, 0.3) is 11.5 Å². The van der Waals surface area contributed by atoms with Gasteiger partial charge in [-0.05, 0) is 36.4 Å². The van der Waals surface area contributed by atoms with Crippen molar-refractivity contribution in [2.75, 3.05) is 55.5 Å². The van der Waals surface area contributed by atoms with Crippen LogP contribution < -0.4 is 15.0 Å². The van der Waals surface area contributed by atoms with Crippen molar-refractivity contribution in [3.8, 4) is 17.2 Å². The van der Waals surface area contributed by atoms with Crippen LogP contribution >= 0.6 is 11.8 Å². The van der Waals surface area contributed by atoms with E-state index in [4.69, 9.17) is 9.15 Å². The standard InChI is InChI=1S/C22H25N5O5S2/c1-31-17-9-7-16(8-10-17)21-24-25-22(32-21)33-15-20(28)23-18-5-3-4-6-19(18)26-11-13-27(14-12-26)34(2,29)30/h3-10H,11-15H2,1-2H3,(H,23,28). The van der Waals surface area contributed by atoms with Crippen molar-refractivity contribution in [3.05, 3.63) is 48.5 Å². The molecule has 1 aromatic heterocycles. The van der Waals surface area contributed by atoms with Gasteiger partial charge in [0.05, 0.1) is 30.5 Å². The first-order valence-corrected chi connectivity index (χ1v) is 13.4. The van der Waals surface area contributed by atoms with Crippen LogP contribution in [0.15, 0.2) is 58.2 Å². The van der Waals surface area contributed by atoms with Crippen LogP contribution in [0, 0.1) is 0 Å². The van der Waals surface area contributed by atoms with Gasteiger partial charge in [0.25, 0.3) is 5.22 Å². The molecule has 1 aliphatic rings. The molecule has 1 fully saturated rings. The van der Waals surface area contributed by atoms with Gasteiger partial charge in [-0.1, -0.05) is 23.9 Å². The third-order valence-corrected chi connectivity index (χ3v) is 7.42. The zero-order chi connectivity index (χ0) is 24.1. The highest BCUT2D eigenvalue weighted by Gasteiger charge is 2.25. The van der Waals surface area contributed by atoms with Crippen molar-refractivity contribution >= 4 is 39.1 Å². The van der Waals surface area contributed by atoms with Gasteiger partial charge >= 0.3 is 0 Å². The molecule has 0 bridgehead atoms. The van der Waals surface area contributed by atoms with Gasteiger partial charge < -0.3 is 19.4 Å². The number of benzene rings is 2. The Balaban J connectivity index is 1.34. The number of para-hydroxylation sites is 2. The van der Waals surface area contributed by atoms with Crippen LogP contribution in [-0.2, 0) is 14.8 Å². The fraction of sp³-hybridized carbons (Fsp3) is 0.318. The highest BCUT2D eigenvalue weighted by atomic mass is 32.2. The van der Waals surface area contributed by atoms with Crippen molar-refractivity contribution in [2.45, 2.75) is 5.22 Å². The number of hydrogen-bond acceptors (Lipinski definition) is 9. The third kappa shape index (κ3) is 5.88. The van der Waals surface area contributed by atoms with Gasteiger partial charge in [0, 0.05) is 31.7 Å². The Morgan fingerprint density at radius 2 is 1.79 bits per heavy atom. The molecule has 1 amide bonds. The molecule has 0 atom stereocenters. The molecule has 34 heavy (non-hydrogen) atoms. The third-order valence-electron chi connectivity index (χ3n) is 5.30. The van der Waals surface area contributed by atoms with E-state index in [2.05, 4.69) is 20.4 Å². The summed E-state index contributed by atoms with van der Waals surface area (Å²) < 4.78 is 35.8. The van der Waals surface area contributed by atoms with Gasteiger partial charge in [-0.2, -0.15) is 4.31 Å². The number of methoxy groups -OCH3 is 1. The molecular weight excluding hydrogens is 478 g/mol. The van der Waals surface area contributed by atoms with Crippen LogP contribution in [0.4, 0.5) is 11.4 Å². The maximum absolute atomic E-state index is 12.6. The second-order valence-electron chi connectivity index (χ2n) is 7.60. The van der Waals surface area contributed by atoms with E-state index in [-0.39, 0.29) is 11.7 Å². The first-order chi connectivity index (χ1) is 16.3. The molecule has 2 aromatic carbocycles. The Bertz CT molecular complexity index is 1240. The topological polar surface area (TPSA) is 118 Å². The molecule has 0 saturated carbocycles. The lowest BCUT2D eigenvalue weighted by atomic mass is 10.2. The summed E-state index contributed by atoms with van der Waals surface area (Å²) >= 11 is 1.15. The van der Waals surface area contributed by atoms with Crippen LogP contribution in [0.1, 0.15) is 0 Å². The number of carbonyl (C=O) groups excluding carboxylic acids is 1. The van der Waals surface area contributed by atoms with Crippen LogP contribution in [0.2, 0.25) is 0 Å². The molecule has 0 unspecified atom stereocenters. The summed E-state index contributed by atoms with van der Waals surface area (Å²) in [5, 5.41) is 11.3. The number of carbonyl (C=O) groups is 1. The molecule has 3 aromatic rings. The van der Waals surface area contributed by atoms with Gasteiger partial charge in [0.15, 0.2) is 0 Å². The van der Waals surface area contributed by atoms with E-state index in [1.54, 1.807) is 19.2 Å². The number of nitrogens with one attached hydrogen (secondary N) is 1. The lowest BCUT2D eigenvalue weighted by Gasteiger charge is -2.35. The van der Waals surface area contributed by atoms with Crippen LogP contribution in [0.3, 0.4) is 0 Å². The van der Waals surface area contributed by atoms with E-state index in [9.17, 15) is 13.2 Å². The summed E-state index contributed by atoms with van der Waals surface area (Å²) in [6, 6.07) is 14.7. The van der Waals surface area contributed by atoms with Crippen molar-refractivity contribution in [2.24, 2.45) is 0 Å². The molecule has 0 aliphatic carbocycles. The van der Waals surface area contributed by atoms with E-state index >= 15 is 0 Å². The Labute approximate surface area is 202 Å². The Kier molecular flexibility index (Phi) is 7.39. The highest BCUT2D eigenvalue weighted by Crippen LogP contribution is 2.28. The van der Waals surface area contributed by atoms with E-state index in [0.29, 0.717) is 43.0 Å². The minimum Gasteiger partial charge on any atom is -0.497 e. The second kappa shape index (κ2) is 10.5. The first-order valence-electron chi connectivity index (χ1n) is 10.5. The molecule has 2 heterocycles. The summed E-state index contributed by atoms with van der Waals surface area (Å²) in [5.74, 6) is 0.980. The second-order valence-corrected chi connectivity index (χ2v) is 10.5. The van der Waals surface area contributed by atoms with Crippen molar-refractivity contribution < 1.29 is 22.4 Å². The number of ether oxygens (including phenoxy) is 1. The molecule has 10 nitrogen and oxygen atoms in total. The smallest absolute Gasteiger partial charge is 0.277 e. The van der Waals surface area contributed by atoms with Gasteiger partial charge in [-0.3, -0.25) is 4.79 Å². The maximum atomic E-state index is 12.6. The summed E-state index contributed by atoms with van der Waals surface area (Å²) in [6.45, 7) is 1.91. The van der Waals surface area contributed by atoms with E-state index in [1.165, 1.54) is 10.6 Å². The van der Waals surface area contributed by atoms with Crippen LogP contribution in [0.5, 0.6) is 5.75 Å². The van der Waals surface area contributed by atoms with Crippen molar-refractivity contribution in [1.29, 1.82) is 0 Å². The number of nitrogens with zero attached hydrogens (tertiary/aromatic N) is 4. The summed E-state index contributed by atoms with van der Waals surface area (Å²) in [5.41, 5.74) is 2.29. The summed E-state index contributed by atoms with van der Waals surface area (Å²) in [6.07, 6.45) is 1.22.